The van der Waals surface area contributed by atoms with Crippen LogP contribution < -0.4 is 16.0 Å². The summed E-state index contributed by atoms with van der Waals surface area (Å²) in [5.74, 6) is 0.673. The molecule has 0 aromatic heterocycles. The molecule has 208 valence electrons. The molecule has 3 N–H and O–H groups in total. The van der Waals surface area contributed by atoms with E-state index in [1.807, 2.05) is 36.2 Å². The van der Waals surface area contributed by atoms with Crippen molar-refractivity contribution in [3.05, 3.63) is 34.9 Å². The number of hydrogen-bond donors (Lipinski definition) is 3. The molecule has 2 aliphatic heterocycles. The number of rotatable bonds is 11. The molecule has 0 spiro atoms. The molecule has 10 heteroatoms. The molecule has 3 unspecified atom stereocenters. The highest BCUT2D eigenvalue weighted by molar-refractivity contribution is 6.30. The fraction of sp³-hybridized carbons (Fsp3) is 0.704. The minimum Gasteiger partial charge on any atom is -0.453 e. The van der Waals surface area contributed by atoms with Crippen LogP contribution in [0, 0.1) is 11.8 Å². The van der Waals surface area contributed by atoms with Gasteiger partial charge in [-0.05, 0) is 62.8 Å². The standard InChI is InChI=1S/C27H43ClN4O5/c1-29-18-24(16-20-9-13-36-14-10-20)31-26(33)32-12-4-3-6-22(19-32)25(21-7-5-8-23(28)17-21)37-15-11-30-27(34)35-2/h5,7-8,17,20,22,24-25,29H,3-4,6,9-16,18-19H2,1-2H3,(H,30,34)(H,31,33). The van der Waals surface area contributed by atoms with Crippen LogP contribution in [0.2, 0.25) is 5.02 Å². The number of hydrogen-bond acceptors (Lipinski definition) is 6. The Kier molecular flexibility index (Phi) is 12.8. The zero-order valence-electron chi connectivity index (χ0n) is 22.2. The summed E-state index contributed by atoms with van der Waals surface area (Å²) in [5.41, 5.74) is 0.977. The van der Waals surface area contributed by atoms with Crippen molar-refractivity contribution in [1.82, 2.24) is 20.9 Å². The number of alkyl carbamates (subject to hydrolysis) is 1. The van der Waals surface area contributed by atoms with Crippen LogP contribution in [0.5, 0.6) is 0 Å². The van der Waals surface area contributed by atoms with Crippen LogP contribution in [0.15, 0.2) is 24.3 Å². The highest BCUT2D eigenvalue weighted by Crippen LogP contribution is 2.33. The Bertz CT molecular complexity index is 839. The zero-order valence-corrected chi connectivity index (χ0v) is 22.9. The van der Waals surface area contributed by atoms with Crippen molar-refractivity contribution < 1.29 is 23.8 Å². The summed E-state index contributed by atoms with van der Waals surface area (Å²) in [5, 5.41) is 9.84. The number of likely N-dealkylation sites (N-methyl/N-ethyl adjacent to an activating group) is 1. The molecule has 2 fully saturated rings. The molecule has 37 heavy (non-hydrogen) atoms. The smallest absolute Gasteiger partial charge is 0.406 e. The second kappa shape index (κ2) is 16.0. The van der Waals surface area contributed by atoms with Crippen LogP contribution in [0.4, 0.5) is 9.59 Å². The van der Waals surface area contributed by atoms with Gasteiger partial charge in [-0.3, -0.25) is 0 Å². The van der Waals surface area contributed by atoms with Gasteiger partial charge in [-0.1, -0.05) is 30.2 Å². The van der Waals surface area contributed by atoms with Crippen molar-refractivity contribution in [3.63, 3.8) is 0 Å². The third kappa shape index (κ3) is 9.96. The Morgan fingerprint density at radius 1 is 1.22 bits per heavy atom. The number of methoxy groups -OCH3 is 1. The van der Waals surface area contributed by atoms with E-state index in [1.54, 1.807) is 0 Å². The number of carbonyl (C=O) groups is 2. The van der Waals surface area contributed by atoms with Crippen molar-refractivity contribution in [2.45, 2.75) is 50.7 Å². The van der Waals surface area contributed by atoms with E-state index in [-0.39, 0.29) is 24.1 Å². The molecule has 3 atom stereocenters. The second-order valence-corrected chi connectivity index (χ2v) is 10.4. The molecule has 1 aromatic carbocycles. The van der Waals surface area contributed by atoms with Gasteiger partial charge in [0.1, 0.15) is 0 Å². The lowest BCUT2D eigenvalue weighted by Crippen LogP contribution is -2.50. The highest BCUT2D eigenvalue weighted by Gasteiger charge is 2.31. The topological polar surface area (TPSA) is 101 Å². The zero-order chi connectivity index (χ0) is 26.5. The minimum atomic E-state index is -0.489. The Morgan fingerprint density at radius 2 is 2.03 bits per heavy atom. The maximum absolute atomic E-state index is 13.4. The highest BCUT2D eigenvalue weighted by atomic mass is 35.5. The molecule has 2 aliphatic rings. The minimum absolute atomic E-state index is 0.0172. The lowest BCUT2D eigenvalue weighted by molar-refractivity contribution is 0.00410. The third-order valence-corrected chi connectivity index (χ3v) is 7.43. The monoisotopic (exact) mass is 538 g/mol. The predicted molar refractivity (Wildman–Crippen MR) is 144 cm³/mol. The molecule has 9 nitrogen and oxygen atoms in total. The maximum Gasteiger partial charge on any atom is 0.406 e. The largest absolute Gasteiger partial charge is 0.453 e. The molecular formula is C27H43ClN4O5. The summed E-state index contributed by atoms with van der Waals surface area (Å²) in [6.45, 7) is 4.32. The summed E-state index contributed by atoms with van der Waals surface area (Å²) in [7, 11) is 3.26. The van der Waals surface area contributed by atoms with Gasteiger partial charge in [0.25, 0.3) is 0 Å². The maximum atomic E-state index is 13.4. The fourth-order valence-electron chi connectivity index (χ4n) is 5.30. The summed E-state index contributed by atoms with van der Waals surface area (Å²) < 4.78 is 16.5. The van der Waals surface area contributed by atoms with E-state index >= 15 is 0 Å². The van der Waals surface area contributed by atoms with Crippen LogP contribution in [0.25, 0.3) is 0 Å². The Hall–Kier alpha value is -2.07. The Morgan fingerprint density at radius 3 is 2.76 bits per heavy atom. The first-order valence-corrected chi connectivity index (χ1v) is 13.8. The molecule has 0 radical (unpaired) electrons. The first-order valence-electron chi connectivity index (χ1n) is 13.5. The number of nitrogens with zero attached hydrogens (tertiary/aromatic N) is 1. The lowest BCUT2D eigenvalue weighted by atomic mass is 9.91. The number of ether oxygens (including phenoxy) is 3. The number of urea groups is 1. The summed E-state index contributed by atoms with van der Waals surface area (Å²) in [6.07, 6.45) is 5.21. The van der Waals surface area contributed by atoms with Crippen molar-refractivity contribution in [1.29, 1.82) is 0 Å². The summed E-state index contributed by atoms with van der Waals surface area (Å²) in [4.78, 5) is 26.8. The van der Waals surface area contributed by atoms with E-state index in [0.717, 1.165) is 70.4 Å². The van der Waals surface area contributed by atoms with E-state index < -0.39 is 6.09 Å². The molecule has 1 aromatic rings. The van der Waals surface area contributed by atoms with Crippen LogP contribution in [0.3, 0.4) is 0 Å². The van der Waals surface area contributed by atoms with Gasteiger partial charge in [-0.2, -0.15) is 0 Å². The van der Waals surface area contributed by atoms with Gasteiger partial charge in [0, 0.05) is 56.4 Å². The quantitative estimate of drug-likeness (QED) is 0.369. The first-order chi connectivity index (χ1) is 18.0. The van der Waals surface area contributed by atoms with Crippen LogP contribution in [0.1, 0.15) is 50.2 Å². The van der Waals surface area contributed by atoms with Gasteiger partial charge in [0.15, 0.2) is 0 Å². The van der Waals surface area contributed by atoms with Gasteiger partial charge in [0.05, 0.1) is 19.8 Å². The van der Waals surface area contributed by atoms with Crippen LogP contribution >= 0.6 is 11.6 Å². The average Bonchev–Trinajstić information content (AvgIpc) is 3.15. The van der Waals surface area contributed by atoms with E-state index in [2.05, 4.69) is 20.7 Å². The van der Waals surface area contributed by atoms with Gasteiger partial charge in [-0.15, -0.1) is 0 Å². The van der Waals surface area contributed by atoms with Gasteiger partial charge < -0.3 is 35.1 Å². The summed E-state index contributed by atoms with van der Waals surface area (Å²) >= 11 is 6.31. The Labute approximate surface area is 225 Å². The first kappa shape index (κ1) is 29.5. The molecule has 3 amide bonds. The normalized spacial score (nSPS) is 20.5. The van der Waals surface area contributed by atoms with Crippen molar-refractivity contribution >= 4 is 23.7 Å². The SMILES string of the molecule is CNCC(CC1CCOCC1)NC(=O)N1CCCCC(C(OCCNC(=O)OC)c2cccc(Cl)c2)C1. The third-order valence-electron chi connectivity index (χ3n) is 7.19. The lowest BCUT2D eigenvalue weighted by Gasteiger charge is -2.33. The van der Waals surface area contributed by atoms with E-state index in [0.29, 0.717) is 30.6 Å². The average molecular weight is 539 g/mol. The number of likely N-dealkylation sites (tertiary alicyclic amines) is 1. The predicted octanol–water partition coefficient (Wildman–Crippen LogP) is 3.97. The van der Waals surface area contributed by atoms with Crippen molar-refractivity contribution in [2.75, 3.05) is 60.2 Å². The molecule has 2 heterocycles. The molecule has 0 saturated carbocycles. The van der Waals surface area contributed by atoms with Gasteiger partial charge in [0.2, 0.25) is 0 Å². The number of benzene rings is 1. The number of halogens is 1. The van der Waals surface area contributed by atoms with Gasteiger partial charge in [-0.25, -0.2) is 9.59 Å². The van der Waals surface area contributed by atoms with E-state index in [1.165, 1.54) is 7.11 Å². The second-order valence-electron chi connectivity index (χ2n) is 9.96. The van der Waals surface area contributed by atoms with Crippen molar-refractivity contribution in [3.8, 4) is 0 Å². The van der Waals surface area contributed by atoms with Crippen molar-refractivity contribution in [2.24, 2.45) is 11.8 Å². The van der Waals surface area contributed by atoms with Crippen LogP contribution in [-0.4, -0.2) is 83.2 Å². The van der Waals surface area contributed by atoms with Gasteiger partial charge >= 0.3 is 12.1 Å². The molecule has 0 aliphatic carbocycles. The van der Waals surface area contributed by atoms with E-state index in [9.17, 15) is 9.59 Å². The number of carbonyl (C=O) groups excluding carboxylic acids is 2. The summed E-state index contributed by atoms with van der Waals surface area (Å²) in [6, 6.07) is 7.75. The van der Waals surface area contributed by atoms with Crippen LogP contribution in [-0.2, 0) is 14.2 Å². The molecule has 0 bridgehead atoms. The fourth-order valence-corrected chi connectivity index (χ4v) is 5.49. The number of amides is 3. The Balaban J connectivity index is 1.66. The molecule has 3 rings (SSSR count). The molecular weight excluding hydrogens is 496 g/mol. The van der Waals surface area contributed by atoms with E-state index in [4.69, 9.17) is 21.1 Å². The number of nitrogens with one attached hydrogen (secondary N) is 3. The molecule has 2 saturated heterocycles.